The van der Waals surface area contributed by atoms with Gasteiger partial charge in [-0.25, -0.2) is 9.97 Å². The molecule has 0 N–H and O–H groups in total. The van der Waals surface area contributed by atoms with Crippen LogP contribution in [-0.2, 0) is 0 Å². The summed E-state index contributed by atoms with van der Waals surface area (Å²) in [7, 11) is 3.27. The van der Waals surface area contributed by atoms with Crippen molar-refractivity contribution in [3.63, 3.8) is 0 Å². The van der Waals surface area contributed by atoms with Crippen molar-refractivity contribution in [2.75, 3.05) is 14.2 Å². The van der Waals surface area contributed by atoms with Crippen LogP contribution in [-0.4, -0.2) is 24.2 Å². The molecule has 1 saturated carbocycles. The van der Waals surface area contributed by atoms with Gasteiger partial charge >= 0.3 is 0 Å². The fraction of sp³-hybridized carbons (Fsp3) is 0.375. The lowest BCUT2D eigenvalue weighted by Crippen LogP contribution is -2.02. The fourth-order valence-corrected chi connectivity index (χ4v) is 2.53. The zero-order valence-corrected chi connectivity index (χ0v) is 13.1. The predicted molar refractivity (Wildman–Crippen MR) is 82.3 cm³/mol. The van der Waals surface area contributed by atoms with Crippen LogP contribution in [0.25, 0.3) is 11.3 Å². The van der Waals surface area contributed by atoms with Crippen molar-refractivity contribution in [3.05, 3.63) is 34.7 Å². The van der Waals surface area contributed by atoms with Crippen LogP contribution in [0, 0.1) is 6.92 Å². The number of aromatic nitrogens is 2. The number of hydrogen-bond donors (Lipinski definition) is 0. The molecule has 0 saturated heterocycles. The second-order valence-electron chi connectivity index (χ2n) is 5.16. The third kappa shape index (κ3) is 2.56. The first kappa shape index (κ1) is 14.1. The third-order valence-electron chi connectivity index (χ3n) is 3.71. The summed E-state index contributed by atoms with van der Waals surface area (Å²) in [4.78, 5) is 9.13. The molecule has 21 heavy (non-hydrogen) atoms. The smallest absolute Gasteiger partial charge is 0.136 e. The van der Waals surface area contributed by atoms with Crippen LogP contribution in [0.15, 0.2) is 18.2 Å². The molecule has 110 valence electrons. The lowest BCUT2D eigenvalue weighted by Gasteiger charge is -2.15. The molecule has 0 spiro atoms. The normalized spacial score (nSPS) is 14.1. The Labute approximate surface area is 129 Å². The van der Waals surface area contributed by atoms with Gasteiger partial charge in [0.15, 0.2) is 0 Å². The van der Waals surface area contributed by atoms with Crippen molar-refractivity contribution < 1.29 is 9.47 Å². The largest absolute Gasteiger partial charge is 0.496 e. The lowest BCUT2D eigenvalue weighted by molar-refractivity contribution is 0.397. The van der Waals surface area contributed by atoms with Crippen molar-refractivity contribution in [3.8, 4) is 22.8 Å². The zero-order valence-electron chi connectivity index (χ0n) is 12.3. The molecule has 0 radical (unpaired) electrons. The van der Waals surface area contributed by atoms with Crippen LogP contribution < -0.4 is 9.47 Å². The molecule has 0 unspecified atom stereocenters. The minimum absolute atomic E-state index is 0.433. The predicted octanol–water partition coefficient (Wildman–Crippen LogP) is 4.00. The van der Waals surface area contributed by atoms with Gasteiger partial charge in [-0.05, 0) is 31.9 Å². The highest BCUT2D eigenvalue weighted by molar-refractivity contribution is 6.30. The number of rotatable bonds is 4. The summed E-state index contributed by atoms with van der Waals surface area (Å²) >= 11 is 6.30. The van der Waals surface area contributed by atoms with Crippen LogP contribution in [0.3, 0.4) is 0 Å². The minimum Gasteiger partial charge on any atom is -0.496 e. The molecule has 1 aromatic heterocycles. The molecule has 1 heterocycles. The first-order valence-electron chi connectivity index (χ1n) is 6.91. The highest BCUT2D eigenvalue weighted by Gasteiger charge is 2.29. The van der Waals surface area contributed by atoms with Gasteiger partial charge in [-0.3, -0.25) is 0 Å². The number of halogens is 1. The van der Waals surface area contributed by atoms with E-state index in [1.807, 2.05) is 25.1 Å². The molecule has 0 aliphatic heterocycles. The van der Waals surface area contributed by atoms with Crippen LogP contribution in [0.5, 0.6) is 11.5 Å². The summed E-state index contributed by atoms with van der Waals surface area (Å²) in [5, 5.41) is 0.495. The molecule has 1 aliphatic carbocycles. The third-order valence-corrected chi connectivity index (χ3v) is 4.08. The van der Waals surface area contributed by atoms with E-state index in [4.69, 9.17) is 26.1 Å². The standard InChI is InChI=1S/C16H17ClN2O2/c1-9-14(18-16(10-7-8-10)19-15(9)17)13-11(20-2)5-4-6-12(13)21-3/h4-6,10H,7-8H2,1-3H3. The molecule has 0 amide bonds. The van der Waals surface area contributed by atoms with E-state index in [0.717, 1.165) is 35.5 Å². The zero-order chi connectivity index (χ0) is 15.0. The maximum atomic E-state index is 6.30. The highest BCUT2D eigenvalue weighted by atomic mass is 35.5. The Bertz CT molecular complexity index is 662. The van der Waals surface area contributed by atoms with Crippen molar-refractivity contribution in [2.24, 2.45) is 0 Å². The summed E-state index contributed by atoms with van der Waals surface area (Å²) in [5.41, 5.74) is 2.45. The Kier molecular flexibility index (Phi) is 3.72. The van der Waals surface area contributed by atoms with Crippen molar-refractivity contribution in [1.29, 1.82) is 0 Å². The average Bonchev–Trinajstić information content (AvgIpc) is 3.34. The van der Waals surface area contributed by atoms with Crippen LogP contribution in [0.4, 0.5) is 0 Å². The highest BCUT2D eigenvalue weighted by Crippen LogP contribution is 2.43. The molecule has 5 heteroatoms. The number of nitrogens with zero attached hydrogens (tertiary/aromatic N) is 2. The Morgan fingerprint density at radius 2 is 1.71 bits per heavy atom. The van der Waals surface area contributed by atoms with E-state index in [1.54, 1.807) is 14.2 Å². The van der Waals surface area contributed by atoms with Crippen molar-refractivity contribution >= 4 is 11.6 Å². The van der Waals surface area contributed by atoms with E-state index in [-0.39, 0.29) is 0 Å². The Morgan fingerprint density at radius 1 is 1.10 bits per heavy atom. The Hall–Kier alpha value is -1.81. The first-order chi connectivity index (χ1) is 10.2. The maximum Gasteiger partial charge on any atom is 0.136 e. The number of ether oxygens (including phenoxy) is 2. The second kappa shape index (κ2) is 5.53. The molecule has 0 bridgehead atoms. The van der Waals surface area contributed by atoms with Gasteiger partial charge in [0.1, 0.15) is 22.5 Å². The van der Waals surface area contributed by atoms with Gasteiger partial charge in [-0.1, -0.05) is 17.7 Å². The topological polar surface area (TPSA) is 44.2 Å². The van der Waals surface area contributed by atoms with Gasteiger partial charge < -0.3 is 9.47 Å². The van der Waals surface area contributed by atoms with Gasteiger partial charge in [0, 0.05) is 11.5 Å². The van der Waals surface area contributed by atoms with Gasteiger partial charge in [-0.2, -0.15) is 0 Å². The summed E-state index contributed by atoms with van der Waals surface area (Å²) in [6.07, 6.45) is 2.25. The molecule has 1 aromatic carbocycles. The maximum absolute atomic E-state index is 6.30. The van der Waals surface area contributed by atoms with Gasteiger partial charge in [0.25, 0.3) is 0 Å². The van der Waals surface area contributed by atoms with Gasteiger partial charge in [-0.15, -0.1) is 0 Å². The summed E-state index contributed by atoms with van der Waals surface area (Å²) < 4.78 is 10.9. The van der Waals surface area contributed by atoms with Gasteiger partial charge in [0.2, 0.25) is 0 Å². The quantitative estimate of drug-likeness (QED) is 0.801. The van der Waals surface area contributed by atoms with Crippen LogP contribution >= 0.6 is 11.6 Å². The first-order valence-corrected chi connectivity index (χ1v) is 7.29. The molecular formula is C16H17ClN2O2. The monoisotopic (exact) mass is 304 g/mol. The van der Waals surface area contributed by atoms with E-state index < -0.39 is 0 Å². The molecular weight excluding hydrogens is 288 g/mol. The van der Waals surface area contributed by atoms with E-state index in [0.29, 0.717) is 22.6 Å². The number of hydrogen-bond acceptors (Lipinski definition) is 4. The Balaban J connectivity index is 2.24. The molecule has 4 nitrogen and oxygen atoms in total. The molecule has 3 rings (SSSR count). The van der Waals surface area contributed by atoms with E-state index >= 15 is 0 Å². The molecule has 1 fully saturated rings. The number of benzene rings is 1. The second-order valence-corrected chi connectivity index (χ2v) is 5.52. The SMILES string of the molecule is COc1cccc(OC)c1-c1nc(C2CC2)nc(Cl)c1C. The van der Waals surface area contributed by atoms with Crippen molar-refractivity contribution in [1.82, 2.24) is 9.97 Å². The summed E-state index contributed by atoms with van der Waals surface area (Å²) in [6, 6.07) is 5.68. The summed E-state index contributed by atoms with van der Waals surface area (Å²) in [5.74, 6) is 2.68. The van der Waals surface area contributed by atoms with E-state index in [9.17, 15) is 0 Å². The molecule has 2 aromatic rings. The van der Waals surface area contributed by atoms with Crippen LogP contribution in [0.1, 0.15) is 30.1 Å². The fourth-order valence-electron chi connectivity index (χ4n) is 2.36. The van der Waals surface area contributed by atoms with Crippen LogP contribution in [0.2, 0.25) is 5.15 Å². The van der Waals surface area contributed by atoms with E-state index in [1.165, 1.54) is 0 Å². The van der Waals surface area contributed by atoms with E-state index in [2.05, 4.69) is 4.98 Å². The number of methoxy groups -OCH3 is 2. The summed E-state index contributed by atoms with van der Waals surface area (Å²) in [6.45, 7) is 1.92. The van der Waals surface area contributed by atoms with Crippen molar-refractivity contribution in [2.45, 2.75) is 25.7 Å². The van der Waals surface area contributed by atoms with Gasteiger partial charge in [0.05, 0.1) is 25.5 Å². The average molecular weight is 305 g/mol. The Morgan fingerprint density at radius 3 is 2.24 bits per heavy atom. The minimum atomic E-state index is 0.433. The lowest BCUT2D eigenvalue weighted by atomic mass is 10.1. The molecule has 0 atom stereocenters. The molecule has 1 aliphatic rings.